The van der Waals surface area contributed by atoms with Crippen LogP contribution in [0, 0.1) is 16.0 Å². The van der Waals surface area contributed by atoms with Crippen LogP contribution in [-0.2, 0) is 27.2 Å². The van der Waals surface area contributed by atoms with Crippen molar-refractivity contribution in [1.29, 1.82) is 0 Å². The van der Waals surface area contributed by atoms with Crippen molar-refractivity contribution in [3.05, 3.63) is 81.9 Å². The van der Waals surface area contributed by atoms with Gasteiger partial charge in [-0.15, -0.1) is 0 Å². The molecule has 7 heteroatoms. The lowest BCUT2D eigenvalue weighted by Gasteiger charge is -2.20. The summed E-state index contributed by atoms with van der Waals surface area (Å²) in [7, 11) is 1.24. The van der Waals surface area contributed by atoms with Crippen LogP contribution in [0.1, 0.15) is 11.1 Å². The average molecular weight is 370 g/mol. The van der Waals surface area contributed by atoms with Gasteiger partial charge in [0.05, 0.1) is 7.11 Å². The van der Waals surface area contributed by atoms with Gasteiger partial charge in [0.25, 0.3) is 0 Å². The molecular weight excluding hydrogens is 348 g/mol. The number of nitrogens with zero attached hydrogens (tertiary/aromatic N) is 1. The molecule has 2 aromatic rings. The molecule has 0 aromatic heterocycles. The largest absolute Gasteiger partial charge is 0.467 e. The number of amides is 1. The first-order valence-corrected chi connectivity index (χ1v) is 8.57. The van der Waals surface area contributed by atoms with Crippen LogP contribution in [0.4, 0.5) is 0 Å². The molecule has 0 unspecified atom stereocenters. The molecule has 0 saturated carbocycles. The molecule has 2 atom stereocenters. The maximum atomic E-state index is 12.7. The number of methoxy groups -OCH3 is 1. The van der Waals surface area contributed by atoms with Crippen LogP contribution in [0.15, 0.2) is 60.7 Å². The summed E-state index contributed by atoms with van der Waals surface area (Å²) in [5, 5.41) is 13.6. The van der Waals surface area contributed by atoms with E-state index >= 15 is 0 Å². The van der Waals surface area contributed by atoms with Crippen LogP contribution in [0.3, 0.4) is 0 Å². The number of esters is 1. The van der Waals surface area contributed by atoms with Gasteiger partial charge < -0.3 is 10.1 Å². The number of carbonyl (C=O) groups is 2. The summed E-state index contributed by atoms with van der Waals surface area (Å²) >= 11 is 0. The zero-order chi connectivity index (χ0) is 19.6. The predicted molar refractivity (Wildman–Crippen MR) is 99.6 cm³/mol. The number of ether oxygens (including phenoxy) is 1. The molecule has 1 amide bonds. The topological polar surface area (TPSA) is 98.5 Å². The molecule has 0 heterocycles. The van der Waals surface area contributed by atoms with Gasteiger partial charge in [0, 0.05) is 11.3 Å². The number of hydrogen-bond donors (Lipinski definition) is 1. The van der Waals surface area contributed by atoms with Crippen molar-refractivity contribution in [3.63, 3.8) is 0 Å². The summed E-state index contributed by atoms with van der Waals surface area (Å²) in [6.45, 7) is -0.514. The minimum Gasteiger partial charge on any atom is -0.467 e. The van der Waals surface area contributed by atoms with Crippen LogP contribution in [0.2, 0.25) is 0 Å². The van der Waals surface area contributed by atoms with E-state index in [2.05, 4.69) is 5.32 Å². The Kier molecular flexibility index (Phi) is 7.49. The van der Waals surface area contributed by atoms with E-state index in [1.54, 1.807) is 0 Å². The Balaban J connectivity index is 2.13. The molecule has 0 fully saturated rings. The third-order valence-corrected chi connectivity index (χ3v) is 4.15. The van der Waals surface area contributed by atoms with Crippen molar-refractivity contribution in [1.82, 2.24) is 5.32 Å². The zero-order valence-electron chi connectivity index (χ0n) is 15.0. The Labute approximate surface area is 157 Å². The van der Waals surface area contributed by atoms with Gasteiger partial charge in [-0.1, -0.05) is 60.7 Å². The predicted octanol–water partition coefficient (Wildman–Crippen LogP) is 2.02. The Morgan fingerprint density at radius 3 is 2.00 bits per heavy atom. The van der Waals surface area contributed by atoms with Crippen LogP contribution < -0.4 is 5.32 Å². The number of nitrogens with one attached hydrogen (secondary N) is 1. The van der Waals surface area contributed by atoms with Crippen molar-refractivity contribution in [2.24, 2.45) is 5.92 Å². The van der Waals surface area contributed by atoms with E-state index in [1.165, 1.54) is 7.11 Å². The summed E-state index contributed by atoms with van der Waals surface area (Å²) in [5.41, 5.74) is 1.67. The first-order valence-electron chi connectivity index (χ1n) is 8.57. The van der Waals surface area contributed by atoms with Gasteiger partial charge in [-0.3, -0.25) is 14.9 Å². The number of carbonyl (C=O) groups excluding carboxylic acids is 2. The highest BCUT2D eigenvalue weighted by molar-refractivity contribution is 5.86. The number of hydrogen-bond acceptors (Lipinski definition) is 5. The highest BCUT2D eigenvalue weighted by atomic mass is 16.6. The van der Waals surface area contributed by atoms with Crippen LogP contribution in [0.25, 0.3) is 0 Å². The van der Waals surface area contributed by atoms with E-state index in [0.717, 1.165) is 11.1 Å². The van der Waals surface area contributed by atoms with Crippen LogP contribution >= 0.6 is 0 Å². The normalized spacial score (nSPS) is 12.6. The molecule has 0 aliphatic rings. The Morgan fingerprint density at radius 2 is 1.52 bits per heavy atom. The quantitative estimate of drug-likeness (QED) is 0.414. The second-order valence-electron chi connectivity index (χ2n) is 6.18. The van der Waals surface area contributed by atoms with Gasteiger partial charge in [0.15, 0.2) is 0 Å². The summed E-state index contributed by atoms with van der Waals surface area (Å²) in [6, 6.07) is 17.3. The molecular formula is C20H22N2O5. The maximum Gasteiger partial charge on any atom is 0.328 e. The minimum atomic E-state index is -0.907. The van der Waals surface area contributed by atoms with E-state index in [9.17, 15) is 19.7 Å². The third-order valence-electron chi connectivity index (χ3n) is 4.15. The SMILES string of the molecule is COC(=O)[C@H](Cc1ccccc1)NC(=O)[C@H](Cc1ccccc1)C[N+](=O)[O-]. The van der Waals surface area contributed by atoms with E-state index in [4.69, 9.17) is 4.74 Å². The Hall–Kier alpha value is -3.22. The monoisotopic (exact) mass is 370 g/mol. The van der Waals surface area contributed by atoms with Crippen LogP contribution in [0.5, 0.6) is 0 Å². The van der Waals surface area contributed by atoms with E-state index in [0.29, 0.717) is 0 Å². The fourth-order valence-corrected chi connectivity index (χ4v) is 2.79. The van der Waals surface area contributed by atoms with Crippen molar-refractivity contribution in [3.8, 4) is 0 Å². The second-order valence-corrected chi connectivity index (χ2v) is 6.18. The summed E-state index contributed by atoms with van der Waals surface area (Å²) in [4.78, 5) is 35.3. The molecule has 0 spiro atoms. The maximum absolute atomic E-state index is 12.7. The molecule has 0 saturated heterocycles. The van der Waals surface area contributed by atoms with Crippen molar-refractivity contribution in [2.45, 2.75) is 18.9 Å². The number of benzene rings is 2. The lowest BCUT2D eigenvalue weighted by molar-refractivity contribution is -0.485. The van der Waals surface area contributed by atoms with Gasteiger partial charge in [0.1, 0.15) is 12.0 Å². The molecule has 7 nitrogen and oxygen atoms in total. The molecule has 1 N–H and O–H groups in total. The average Bonchev–Trinajstić information content (AvgIpc) is 2.67. The van der Waals surface area contributed by atoms with Crippen molar-refractivity contribution < 1.29 is 19.2 Å². The first kappa shape index (κ1) is 20.1. The zero-order valence-corrected chi connectivity index (χ0v) is 15.0. The molecule has 2 aromatic carbocycles. The summed E-state index contributed by atoms with van der Waals surface area (Å²) in [5.74, 6) is -2.01. The van der Waals surface area contributed by atoms with Crippen molar-refractivity contribution in [2.75, 3.05) is 13.7 Å². The fourth-order valence-electron chi connectivity index (χ4n) is 2.79. The lowest BCUT2D eigenvalue weighted by atomic mass is 9.97. The molecule has 0 aliphatic carbocycles. The smallest absolute Gasteiger partial charge is 0.328 e. The number of rotatable bonds is 9. The van der Waals surface area contributed by atoms with Gasteiger partial charge in [-0.05, 0) is 17.5 Å². The second kappa shape index (κ2) is 10.1. The minimum absolute atomic E-state index is 0.215. The van der Waals surface area contributed by atoms with E-state index in [1.807, 2.05) is 60.7 Å². The molecule has 0 radical (unpaired) electrons. The van der Waals surface area contributed by atoms with E-state index in [-0.39, 0.29) is 12.8 Å². The highest BCUT2D eigenvalue weighted by Crippen LogP contribution is 2.11. The first-order chi connectivity index (χ1) is 13.0. The van der Waals surface area contributed by atoms with Gasteiger partial charge >= 0.3 is 5.97 Å². The fraction of sp³-hybridized carbons (Fsp3) is 0.300. The van der Waals surface area contributed by atoms with E-state index < -0.39 is 35.3 Å². The molecule has 27 heavy (non-hydrogen) atoms. The Morgan fingerprint density at radius 1 is 1.00 bits per heavy atom. The van der Waals surface area contributed by atoms with Gasteiger partial charge in [-0.25, -0.2) is 4.79 Å². The molecule has 0 aliphatic heterocycles. The number of nitro groups is 1. The summed E-state index contributed by atoms with van der Waals surface area (Å²) in [6.07, 6.45) is 0.461. The summed E-state index contributed by atoms with van der Waals surface area (Å²) < 4.78 is 4.78. The van der Waals surface area contributed by atoms with Crippen molar-refractivity contribution >= 4 is 11.9 Å². The molecule has 2 rings (SSSR count). The molecule has 142 valence electrons. The highest BCUT2D eigenvalue weighted by Gasteiger charge is 2.29. The Bertz CT molecular complexity index is 764. The van der Waals surface area contributed by atoms with Gasteiger partial charge in [0.2, 0.25) is 12.5 Å². The molecule has 0 bridgehead atoms. The third kappa shape index (κ3) is 6.54. The van der Waals surface area contributed by atoms with Crippen LogP contribution in [-0.4, -0.2) is 36.5 Å². The van der Waals surface area contributed by atoms with Gasteiger partial charge in [-0.2, -0.15) is 0 Å². The standard InChI is InChI=1S/C20H22N2O5/c1-27-20(24)18(13-16-10-6-3-7-11-16)21-19(23)17(14-22(25)26)12-15-8-4-2-5-9-15/h2-11,17-18H,12-14H2,1H3,(H,21,23)/t17-,18+/m1/s1. The lowest BCUT2D eigenvalue weighted by Crippen LogP contribution is -2.47.